The average molecular weight is 302 g/mol. The molecule has 4 amide bonds. The number of hydrogen-bond donors (Lipinski definition) is 2. The number of amides is 4. The molecule has 1 aromatic carbocycles. The minimum atomic E-state index is -0.920. The van der Waals surface area contributed by atoms with Gasteiger partial charge in [0.05, 0.1) is 17.8 Å². The summed E-state index contributed by atoms with van der Waals surface area (Å²) >= 11 is 0. The molecule has 1 unspecified atom stereocenters. The highest BCUT2D eigenvalue weighted by Crippen LogP contribution is 2.35. The second-order valence-electron chi connectivity index (χ2n) is 5.11. The van der Waals surface area contributed by atoms with Crippen molar-refractivity contribution >= 4 is 35.0 Å². The molecule has 2 heterocycles. The van der Waals surface area contributed by atoms with E-state index in [2.05, 4.69) is 10.9 Å². The predicted molar refractivity (Wildman–Crippen MR) is 76.6 cm³/mol. The Labute approximate surface area is 126 Å². The molecule has 1 aromatic rings. The van der Waals surface area contributed by atoms with Crippen LogP contribution < -0.4 is 20.7 Å². The van der Waals surface area contributed by atoms with E-state index in [1.807, 2.05) is 0 Å². The van der Waals surface area contributed by atoms with Crippen LogP contribution in [-0.4, -0.2) is 36.2 Å². The zero-order valence-electron chi connectivity index (χ0n) is 11.8. The second-order valence-corrected chi connectivity index (χ2v) is 5.11. The van der Waals surface area contributed by atoms with Crippen LogP contribution in [0.2, 0.25) is 0 Å². The zero-order chi connectivity index (χ0) is 15.9. The second kappa shape index (κ2) is 5.14. The van der Waals surface area contributed by atoms with Gasteiger partial charge in [-0.2, -0.15) is 0 Å². The van der Waals surface area contributed by atoms with Crippen molar-refractivity contribution in [1.82, 2.24) is 10.9 Å². The summed E-state index contributed by atoms with van der Waals surface area (Å²) in [5.41, 5.74) is 5.47. The molecule has 22 heavy (non-hydrogen) atoms. The molecule has 0 saturated carbocycles. The van der Waals surface area contributed by atoms with E-state index in [0.29, 0.717) is 11.4 Å². The SMILES string of the molecule is CC(=O)N1CC(=O)N(C2CC(=O)NNC2=O)c2ccccc21. The third-order valence-electron chi connectivity index (χ3n) is 3.69. The van der Waals surface area contributed by atoms with Crippen molar-refractivity contribution in [2.45, 2.75) is 19.4 Å². The Morgan fingerprint density at radius 1 is 1.14 bits per heavy atom. The van der Waals surface area contributed by atoms with E-state index in [4.69, 9.17) is 0 Å². The smallest absolute Gasteiger partial charge is 0.262 e. The van der Waals surface area contributed by atoms with Gasteiger partial charge in [-0.15, -0.1) is 0 Å². The first-order valence-corrected chi connectivity index (χ1v) is 6.77. The first-order valence-electron chi connectivity index (χ1n) is 6.77. The Hall–Kier alpha value is -2.90. The summed E-state index contributed by atoms with van der Waals surface area (Å²) in [6.07, 6.45) is -0.119. The molecule has 2 aliphatic rings. The highest BCUT2D eigenvalue weighted by atomic mass is 16.2. The maximum Gasteiger partial charge on any atom is 0.262 e. The highest BCUT2D eigenvalue weighted by Gasteiger charge is 2.40. The molecule has 0 bridgehead atoms. The van der Waals surface area contributed by atoms with E-state index in [1.54, 1.807) is 24.3 Å². The first-order chi connectivity index (χ1) is 10.5. The summed E-state index contributed by atoms with van der Waals surface area (Å²) in [5, 5.41) is 0. The Morgan fingerprint density at radius 2 is 1.82 bits per heavy atom. The fourth-order valence-electron chi connectivity index (χ4n) is 2.69. The van der Waals surface area contributed by atoms with Gasteiger partial charge in [0.25, 0.3) is 5.91 Å². The fourth-order valence-corrected chi connectivity index (χ4v) is 2.69. The summed E-state index contributed by atoms with van der Waals surface area (Å²) in [6.45, 7) is 1.22. The largest absolute Gasteiger partial charge is 0.301 e. The molecule has 0 aromatic heterocycles. The van der Waals surface area contributed by atoms with Gasteiger partial charge in [0, 0.05) is 6.92 Å². The quantitative estimate of drug-likeness (QED) is 0.717. The lowest BCUT2D eigenvalue weighted by Crippen LogP contribution is -2.62. The standard InChI is InChI=1S/C14H14N4O4/c1-8(19)17-7-13(21)18(10-5-3-2-4-9(10)17)11-6-12(20)15-16-14(11)22/h2-5,11H,6-7H2,1H3,(H,15,20)(H,16,22). The fraction of sp³-hybridized carbons (Fsp3) is 0.286. The van der Waals surface area contributed by atoms with Gasteiger partial charge in [-0.05, 0) is 12.1 Å². The number of para-hydroxylation sites is 2. The number of benzene rings is 1. The lowest BCUT2D eigenvalue weighted by Gasteiger charge is -2.40. The normalized spacial score (nSPS) is 21.1. The number of carbonyl (C=O) groups is 4. The Kier molecular flexibility index (Phi) is 3.28. The number of hydrogen-bond acceptors (Lipinski definition) is 4. The zero-order valence-corrected chi connectivity index (χ0v) is 11.8. The van der Waals surface area contributed by atoms with Crippen LogP contribution in [0, 0.1) is 0 Å². The maximum absolute atomic E-state index is 12.4. The lowest BCUT2D eigenvalue weighted by atomic mass is 10.0. The molecule has 8 heteroatoms. The molecule has 0 spiro atoms. The molecule has 1 atom stereocenters. The Bertz CT molecular complexity index is 687. The van der Waals surface area contributed by atoms with E-state index in [1.165, 1.54) is 16.7 Å². The van der Waals surface area contributed by atoms with Crippen LogP contribution in [0.1, 0.15) is 13.3 Å². The van der Waals surface area contributed by atoms with Gasteiger partial charge in [-0.1, -0.05) is 12.1 Å². The van der Waals surface area contributed by atoms with Crippen molar-refractivity contribution in [3.63, 3.8) is 0 Å². The molecular formula is C14H14N4O4. The minimum absolute atomic E-state index is 0.119. The number of nitrogens with one attached hydrogen (secondary N) is 2. The number of fused-ring (bicyclic) bond motifs is 1. The summed E-state index contributed by atoms with van der Waals surface area (Å²) in [6, 6.07) is 5.90. The van der Waals surface area contributed by atoms with Gasteiger partial charge in [0.15, 0.2) is 0 Å². The van der Waals surface area contributed by atoms with Crippen LogP contribution in [0.4, 0.5) is 11.4 Å². The van der Waals surface area contributed by atoms with Crippen molar-refractivity contribution in [2.75, 3.05) is 16.3 Å². The number of rotatable bonds is 1. The molecular weight excluding hydrogens is 288 g/mol. The van der Waals surface area contributed by atoms with Gasteiger partial charge < -0.3 is 4.90 Å². The van der Waals surface area contributed by atoms with Crippen molar-refractivity contribution < 1.29 is 19.2 Å². The number of anilines is 2. The van der Waals surface area contributed by atoms with Crippen LogP contribution in [0.5, 0.6) is 0 Å². The molecule has 114 valence electrons. The van der Waals surface area contributed by atoms with Gasteiger partial charge in [-0.25, -0.2) is 0 Å². The van der Waals surface area contributed by atoms with Gasteiger partial charge >= 0.3 is 0 Å². The summed E-state index contributed by atoms with van der Waals surface area (Å²) in [7, 11) is 0. The highest BCUT2D eigenvalue weighted by molar-refractivity contribution is 6.14. The number of nitrogens with zero attached hydrogens (tertiary/aromatic N) is 2. The molecule has 2 N–H and O–H groups in total. The van der Waals surface area contributed by atoms with Crippen LogP contribution in [0.3, 0.4) is 0 Å². The summed E-state index contributed by atoms with van der Waals surface area (Å²) < 4.78 is 0. The monoisotopic (exact) mass is 302 g/mol. The Balaban J connectivity index is 2.06. The first kappa shape index (κ1) is 14.1. The lowest BCUT2D eigenvalue weighted by molar-refractivity contribution is -0.136. The maximum atomic E-state index is 12.4. The van der Waals surface area contributed by atoms with Crippen LogP contribution in [0.15, 0.2) is 24.3 Å². The minimum Gasteiger partial charge on any atom is -0.301 e. The summed E-state index contributed by atoms with van der Waals surface area (Å²) in [4.78, 5) is 50.3. The van der Waals surface area contributed by atoms with Crippen molar-refractivity contribution in [1.29, 1.82) is 0 Å². The van der Waals surface area contributed by atoms with Gasteiger partial charge in [0.1, 0.15) is 12.6 Å². The van der Waals surface area contributed by atoms with Crippen molar-refractivity contribution in [3.8, 4) is 0 Å². The summed E-state index contributed by atoms with van der Waals surface area (Å²) in [5.74, 6) is -1.49. The van der Waals surface area contributed by atoms with E-state index >= 15 is 0 Å². The number of carbonyl (C=O) groups excluding carboxylic acids is 4. The van der Waals surface area contributed by atoms with Crippen LogP contribution >= 0.6 is 0 Å². The van der Waals surface area contributed by atoms with Crippen molar-refractivity contribution in [2.24, 2.45) is 0 Å². The van der Waals surface area contributed by atoms with E-state index < -0.39 is 17.9 Å². The Morgan fingerprint density at radius 3 is 2.50 bits per heavy atom. The van der Waals surface area contributed by atoms with E-state index in [-0.39, 0.29) is 24.8 Å². The predicted octanol–water partition coefficient (Wildman–Crippen LogP) is -0.694. The average Bonchev–Trinajstić information content (AvgIpc) is 2.49. The van der Waals surface area contributed by atoms with Gasteiger partial charge in [0.2, 0.25) is 17.7 Å². The molecule has 0 radical (unpaired) electrons. The van der Waals surface area contributed by atoms with Crippen LogP contribution in [0.25, 0.3) is 0 Å². The number of hydrazine groups is 1. The van der Waals surface area contributed by atoms with Crippen molar-refractivity contribution in [3.05, 3.63) is 24.3 Å². The molecule has 1 fully saturated rings. The van der Waals surface area contributed by atoms with Crippen LogP contribution in [-0.2, 0) is 19.2 Å². The van der Waals surface area contributed by atoms with E-state index in [0.717, 1.165) is 0 Å². The molecule has 3 rings (SSSR count). The third-order valence-corrected chi connectivity index (χ3v) is 3.69. The van der Waals surface area contributed by atoms with E-state index in [9.17, 15) is 19.2 Å². The molecule has 2 aliphatic heterocycles. The molecule has 0 aliphatic carbocycles. The molecule has 1 saturated heterocycles. The topological polar surface area (TPSA) is 98.8 Å². The third kappa shape index (κ3) is 2.18. The van der Waals surface area contributed by atoms with Gasteiger partial charge in [-0.3, -0.25) is 34.9 Å². The molecule has 8 nitrogen and oxygen atoms in total.